The first-order valence-corrected chi connectivity index (χ1v) is 14.7. The fourth-order valence-electron chi connectivity index (χ4n) is 6.56. The molecular formula is C33H44N2O3. The van der Waals surface area contributed by atoms with E-state index in [1.54, 1.807) is 0 Å². The Kier molecular flexibility index (Phi) is 9.08. The normalized spacial score (nSPS) is 23.7. The molecule has 1 saturated heterocycles. The predicted molar refractivity (Wildman–Crippen MR) is 154 cm³/mol. The first-order valence-electron chi connectivity index (χ1n) is 14.7. The summed E-state index contributed by atoms with van der Waals surface area (Å²) in [6.07, 6.45) is 14.4. The van der Waals surface area contributed by atoms with E-state index in [1.807, 2.05) is 24.3 Å². The van der Waals surface area contributed by atoms with E-state index in [1.165, 1.54) is 49.0 Å². The van der Waals surface area contributed by atoms with Crippen molar-refractivity contribution in [2.45, 2.75) is 64.5 Å². The lowest BCUT2D eigenvalue weighted by atomic mass is 9.72. The van der Waals surface area contributed by atoms with Crippen LogP contribution in [0.3, 0.4) is 0 Å². The molecule has 5 rings (SSSR count). The van der Waals surface area contributed by atoms with E-state index in [0.29, 0.717) is 23.3 Å². The largest absolute Gasteiger partial charge is 0.508 e. The van der Waals surface area contributed by atoms with Gasteiger partial charge in [0.2, 0.25) is 0 Å². The van der Waals surface area contributed by atoms with Crippen LogP contribution in [0, 0.1) is 11.8 Å². The van der Waals surface area contributed by atoms with Crippen molar-refractivity contribution in [2.75, 3.05) is 32.8 Å². The van der Waals surface area contributed by atoms with Crippen LogP contribution in [0.2, 0.25) is 0 Å². The highest BCUT2D eigenvalue weighted by molar-refractivity contribution is 5.37. The third-order valence-electron chi connectivity index (χ3n) is 8.70. The van der Waals surface area contributed by atoms with Gasteiger partial charge in [-0.25, -0.2) is 0 Å². The molecule has 0 radical (unpaired) electrons. The number of benzene rings is 2. The van der Waals surface area contributed by atoms with Gasteiger partial charge in [0.25, 0.3) is 0 Å². The molecule has 3 atom stereocenters. The number of aliphatic hydroxyl groups is 1. The number of aryl methyl sites for hydroxylation is 1. The lowest BCUT2D eigenvalue weighted by Gasteiger charge is -2.40. The number of aromatic hydroxyl groups is 1. The van der Waals surface area contributed by atoms with Gasteiger partial charge in [-0.3, -0.25) is 4.90 Å². The van der Waals surface area contributed by atoms with Crippen LogP contribution in [0.4, 0.5) is 0 Å². The Morgan fingerprint density at radius 3 is 2.61 bits per heavy atom. The molecule has 0 saturated carbocycles. The Hall–Kier alpha value is -2.76. The Morgan fingerprint density at radius 2 is 1.82 bits per heavy atom. The highest BCUT2D eigenvalue weighted by Gasteiger charge is 2.34. The van der Waals surface area contributed by atoms with Gasteiger partial charge in [-0.1, -0.05) is 37.6 Å². The summed E-state index contributed by atoms with van der Waals surface area (Å²) >= 11 is 0. The second kappa shape index (κ2) is 12.9. The predicted octanol–water partition coefficient (Wildman–Crippen LogP) is 6.27. The summed E-state index contributed by atoms with van der Waals surface area (Å²) in [5.41, 5.74) is 3.88. The van der Waals surface area contributed by atoms with Gasteiger partial charge in [0.05, 0.1) is 6.61 Å². The molecule has 204 valence electrons. The van der Waals surface area contributed by atoms with Crippen LogP contribution in [0.15, 0.2) is 66.5 Å². The maximum atomic E-state index is 10.4. The van der Waals surface area contributed by atoms with E-state index in [9.17, 15) is 10.2 Å². The van der Waals surface area contributed by atoms with Gasteiger partial charge in [-0.05, 0) is 123 Å². The number of phenols is 1. The van der Waals surface area contributed by atoms with Crippen molar-refractivity contribution in [1.82, 2.24) is 9.80 Å². The molecular weight excluding hydrogens is 472 g/mol. The molecule has 2 N–H and O–H groups in total. The maximum Gasteiger partial charge on any atom is 0.119 e. The molecule has 1 aliphatic heterocycles. The zero-order chi connectivity index (χ0) is 26.3. The van der Waals surface area contributed by atoms with Gasteiger partial charge in [0, 0.05) is 19.1 Å². The van der Waals surface area contributed by atoms with Crippen molar-refractivity contribution >= 4 is 0 Å². The highest BCUT2D eigenvalue weighted by Crippen LogP contribution is 2.37. The SMILES string of the molecule is CCN(Cc1ccc(OCCCN2CCCCC2)cc1)C1C=C(O)C=CC1C1CCc2cc(O)ccc2C1. The van der Waals surface area contributed by atoms with Gasteiger partial charge < -0.3 is 19.8 Å². The number of piperidine rings is 1. The van der Waals surface area contributed by atoms with Crippen LogP contribution in [-0.2, 0) is 19.4 Å². The van der Waals surface area contributed by atoms with Crippen LogP contribution in [-0.4, -0.2) is 58.8 Å². The Labute approximate surface area is 228 Å². The molecule has 1 fully saturated rings. The van der Waals surface area contributed by atoms with Crippen LogP contribution >= 0.6 is 0 Å². The number of allylic oxidation sites excluding steroid dienone is 1. The molecule has 3 aliphatic rings. The molecule has 0 spiro atoms. The fourth-order valence-corrected chi connectivity index (χ4v) is 6.56. The number of aliphatic hydroxyl groups excluding tert-OH is 1. The fraction of sp³-hybridized carbons (Fsp3) is 0.515. The van der Waals surface area contributed by atoms with Crippen molar-refractivity contribution in [3.63, 3.8) is 0 Å². The van der Waals surface area contributed by atoms with Crippen LogP contribution in [0.25, 0.3) is 0 Å². The molecule has 5 nitrogen and oxygen atoms in total. The second-order valence-electron chi connectivity index (χ2n) is 11.3. The van der Waals surface area contributed by atoms with Crippen LogP contribution in [0.5, 0.6) is 11.5 Å². The first kappa shape index (κ1) is 26.8. The molecule has 0 bridgehead atoms. The van der Waals surface area contributed by atoms with Crippen LogP contribution < -0.4 is 4.74 Å². The lowest BCUT2D eigenvalue weighted by Crippen LogP contribution is -2.43. The van der Waals surface area contributed by atoms with E-state index in [4.69, 9.17) is 4.74 Å². The standard InChI is InChI=1S/C33H44N2O3/c1-2-35(24-25-7-14-31(15-8-25)38-20-6-19-34-17-4-3-5-18-34)33-23-30(37)13-16-32(33)28-10-9-27-22-29(36)12-11-26(27)21-28/h7-8,11-16,22-23,28,32-33,36-37H,2-6,9-10,17-21,24H2,1H3. The van der Waals surface area contributed by atoms with E-state index >= 15 is 0 Å². The molecule has 0 amide bonds. The van der Waals surface area contributed by atoms with Crippen molar-refractivity contribution in [3.8, 4) is 11.5 Å². The smallest absolute Gasteiger partial charge is 0.119 e. The number of phenolic OH excluding ortho intramolecular Hbond substituents is 1. The number of rotatable bonds is 10. The summed E-state index contributed by atoms with van der Waals surface area (Å²) in [6, 6.07) is 14.5. The average molecular weight is 517 g/mol. The molecule has 2 aromatic rings. The molecule has 5 heteroatoms. The minimum absolute atomic E-state index is 0.152. The number of fused-ring (bicyclic) bond motifs is 1. The Bertz CT molecular complexity index is 1100. The van der Waals surface area contributed by atoms with E-state index in [0.717, 1.165) is 57.7 Å². The third kappa shape index (κ3) is 6.81. The number of nitrogens with zero attached hydrogens (tertiary/aromatic N) is 2. The van der Waals surface area contributed by atoms with Crippen molar-refractivity contribution in [1.29, 1.82) is 0 Å². The van der Waals surface area contributed by atoms with Gasteiger partial charge >= 0.3 is 0 Å². The van der Waals surface area contributed by atoms with Crippen molar-refractivity contribution in [2.24, 2.45) is 11.8 Å². The van der Waals surface area contributed by atoms with Gasteiger partial charge in [-0.15, -0.1) is 0 Å². The summed E-state index contributed by atoms with van der Waals surface area (Å²) in [4.78, 5) is 5.04. The monoisotopic (exact) mass is 516 g/mol. The zero-order valence-electron chi connectivity index (χ0n) is 22.9. The first-order chi connectivity index (χ1) is 18.6. The minimum atomic E-state index is 0.152. The minimum Gasteiger partial charge on any atom is -0.508 e. The summed E-state index contributed by atoms with van der Waals surface area (Å²) in [5.74, 6) is 2.51. The molecule has 0 aromatic heterocycles. The summed E-state index contributed by atoms with van der Waals surface area (Å²) in [5, 5.41) is 20.3. The number of hydrogen-bond acceptors (Lipinski definition) is 5. The average Bonchev–Trinajstić information content (AvgIpc) is 2.95. The van der Waals surface area contributed by atoms with Gasteiger partial charge in [0.15, 0.2) is 0 Å². The summed E-state index contributed by atoms with van der Waals surface area (Å²) in [7, 11) is 0. The zero-order valence-corrected chi connectivity index (χ0v) is 22.9. The Balaban J connectivity index is 1.18. The van der Waals surface area contributed by atoms with E-state index in [2.05, 4.69) is 53.1 Å². The number of likely N-dealkylation sites (N-methyl/N-ethyl adjacent to an activating group) is 1. The van der Waals surface area contributed by atoms with Gasteiger partial charge in [0.1, 0.15) is 17.3 Å². The quantitative estimate of drug-likeness (QED) is 0.365. The number of ether oxygens (including phenoxy) is 1. The van der Waals surface area contributed by atoms with E-state index < -0.39 is 0 Å². The van der Waals surface area contributed by atoms with Gasteiger partial charge in [-0.2, -0.15) is 0 Å². The summed E-state index contributed by atoms with van der Waals surface area (Å²) < 4.78 is 6.04. The van der Waals surface area contributed by atoms with Crippen LogP contribution in [0.1, 0.15) is 55.7 Å². The summed E-state index contributed by atoms with van der Waals surface area (Å²) in [6.45, 7) is 8.33. The molecule has 2 aliphatic carbocycles. The number of hydrogen-bond donors (Lipinski definition) is 2. The maximum absolute atomic E-state index is 10.4. The molecule has 2 aromatic carbocycles. The lowest BCUT2D eigenvalue weighted by molar-refractivity contribution is 0.150. The molecule has 38 heavy (non-hydrogen) atoms. The van der Waals surface area contributed by atoms with E-state index in [-0.39, 0.29) is 6.04 Å². The van der Waals surface area contributed by atoms with Crippen molar-refractivity contribution < 1.29 is 14.9 Å². The van der Waals surface area contributed by atoms with Crippen molar-refractivity contribution in [3.05, 3.63) is 83.1 Å². The Morgan fingerprint density at radius 1 is 1.00 bits per heavy atom. The second-order valence-corrected chi connectivity index (χ2v) is 11.3. The third-order valence-corrected chi connectivity index (χ3v) is 8.70. The molecule has 1 heterocycles. The molecule has 3 unspecified atom stereocenters. The number of likely N-dealkylation sites (tertiary alicyclic amines) is 1. The topological polar surface area (TPSA) is 56.2 Å². The highest BCUT2D eigenvalue weighted by atomic mass is 16.5.